The van der Waals surface area contributed by atoms with Gasteiger partial charge in [0.05, 0.1) is 18.1 Å². The average molecular weight is 301 g/mol. The topological polar surface area (TPSA) is 54.2 Å². The maximum Gasteiger partial charge on any atom is 0.186 e. The summed E-state index contributed by atoms with van der Waals surface area (Å²) in [6.07, 6.45) is 5.39. The first-order chi connectivity index (χ1) is 10.1. The van der Waals surface area contributed by atoms with Crippen molar-refractivity contribution >= 4 is 23.5 Å². The number of hydrogen-bond acceptors (Lipinski definition) is 3. The molecule has 0 aromatic carbocycles. The molecule has 2 aromatic heterocycles. The number of thiocarbonyl (C=S) groups is 1. The van der Waals surface area contributed by atoms with Crippen molar-refractivity contribution in [3.05, 3.63) is 47.5 Å². The van der Waals surface area contributed by atoms with Gasteiger partial charge in [-0.15, -0.1) is 0 Å². The molecule has 0 bridgehead atoms. The highest BCUT2D eigenvalue weighted by molar-refractivity contribution is 7.80. The number of pyridine rings is 1. The van der Waals surface area contributed by atoms with E-state index in [0.29, 0.717) is 5.11 Å². The summed E-state index contributed by atoms with van der Waals surface area (Å²) in [4.78, 5) is 4.17. The molecule has 2 aromatic rings. The molecule has 110 valence electrons. The predicted octanol–water partition coefficient (Wildman–Crippen LogP) is 2.31. The minimum Gasteiger partial charge on any atom is -0.362 e. The summed E-state index contributed by atoms with van der Waals surface area (Å²) in [7, 11) is 0. The molecule has 21 heavy (non-hydrogen) atoms. The predicted molar refractivity (Wildman–Crippen MR) is 90.0 cm³/mol. The molecule has 0 aliphatic carbocycles. The first-order valence-electron chi connectivity index (χ1n) is 6.79. The lowest BCUT2D eigenvalue weighted by atomic mass is 10.3. The van der Waals surface area contributed by atoms with Crippen molar-refractivity contribution in [2.45, 2.75) is 20.8 Å². The van der Waals surface area contributed by atoms with Crippen LogP contribution in [0.4, 0.5) is 0 Å². The van der Waals surface area contributed by atoms with E-state index in [9.17, 15) is 0 Å². The Hall–Kier alpha value is -2.21. The summed E-state index contributed by atoms with van der Waals surface area (Å²) in [6.45, 7) is 6.88. The Bertz CT molecular complexity index is 646. The van der Waals surface area contributed by atoms with Crippen LogP contribution < -0.4 is 10.7 Å². The van der Waals surface area contributed by atoms with Crippen LogP contribution in [0.1, 0.15) is 23.9 Å². The van der Waals surface area contributed by atoms with E-state index in [1.165, 1.54) is 0 Å². The average Bonchev–Trinajstić information content (AvgIpc) is 2.75. The van der Waals surface area contributed by atoms with Crippen LogP contribution in [0.2, 0.25) is 0 Å². The molecular formula is C15H19N5S. The van der Waals surface area contributed by atoms with Crippen LogP contribution >= 0.6 is 12.2 Å². The van der Waals surface area contributed by atoms with Crippen molar-refractivity contribution in [1.82, 2.24) is 20.3 Å². The number of aromatic nitrogens is 2. The fourth-order valence-electron chi connectivity index (χ4n) is 2.16. The van der Waals surface area contributed by atoms with E-state index in [-0.39, 0.29) is 0 Å². The first-order valence-corrected chi connectivity index (χ1v) is 7.20. The van der Waals surface area contributed by atoms with E-state index >= 15 is 0 Å². The van der Waals surface area contributed by atoms with E-state index in [2.05, 4.69) is 45.3 Å². The highest BCUT2D eigenvalue weighted by atomic mass is 32.1. The third-order valence-corrected chi connectivity index (χ3v) is 3.32. The van der Waals surface area contributed by atoms with Gasteiger partial charge in [-0.2, -0.15) is 5.10 Å². The highest BCUT2D eigenvalue weighted by Crippen LogP contribution is 2.18. The lowest BCUT2D eigenvalue weighted by Crippen LogP contribution is -2.31. The zero-order valence-electron chi connectivity index (χ0n) is 12.4. The van der Waals surface area contributed by atoms with Crippen molar-refractivity contribution in [3.8, 4) is 5.69 Å². The van der Waals surface area contributed by atoms with Crippen LogP contribution in [-0.2, 0) is 0 Å². The molecule has 2 heterocycles. The molecule has 0 radical (unpaired) electrons. The number of nitrogens with zero attached hydrogens (tertiary/aromatic N) is 3. The number of aryl methyl sites for hydroxylation is 1. The Morgan fingerprint density at radius 3 is 2.95 bits per heavy atom. The van der Waals surface area contributed by atoms with Gasteiger partial charge in [-0.3, -0.25) is 10.4 Å². The van der Waals surface area contributed by atoms with Crippen LogP contribution in [0.15, 0.2) is 35.7 Å². The Balaban J connectivity index is 2.20. The zero-order chi connectivity index (χ0) is 15.2. The van der Waals surface area contributed by atoms with Gasteiger partial charge in [-0.1, -0.05) is 0 Å². The second kappa shape index (κ2) is 6.99. The quantitative estimate of drug-likeness (QED) is 0.517. The lowest BCUT2D eigenvalue weighted by Gasteiger charge is -2.08. The summed E-state index contributed by atoms with van der Waals surface area (Å²) in [5.41, 5.74) is 7.13. The van der Waals surface area contributed by atoms with E-state index < -0.39 is 0 Å². The summed E-state index contributed by atoms with van der Waals surface area (Å²) in [5.74, 6) is 0. The fourth-order valence-corrected chi connectivity index (χ4v) is 2.36. The molecule has 0 saturated heterocycles. The van der Waals surface area contributed by atoms with Crippen LogP contribution in [0.3, 0.4) is 0 Å². The molecule has 0 fully saturated rings. The third kappa shape index (κ3) is 3.66. The summed E-state index contributed by atoms with van der Waals surface area (Å²) in [6, 6.07) is 6.05. The van der Waals surface area contributed by atoms with Crippen molar-refractivity contribution < 1.29 is 0 Å². The molecule has 6 heteroatoms. The van der Waals surface area contributed by atoms with E-state index in [1.54, 1.807) is 12.4 Å². The van der Waals surface area contributed by atoms with Crippen LogP contribution in [-0.4, -0.2) is 27.4 Å². The van der Waals surface area contributed by atoms with Gasteiger partial charge < -0.3 is 9.88 Å². The minimum absolute atomic E-state index is 0.523. The number of rotatable bonds is 4. The number of hydrogen-bond donors (Lipinski definition) is 2. The molecule has 0 aliphatic heterocycles. The molecule has 2 rings (SSSR count). The van der Waals surface area contributed by atoms with Gasteiger partial charge in [0, 0.05) is 29.7 Å². The highest BCUT2D eigenvalue weighted by Gasteiger charge is 2.09. The van der Waals surface area contributed by atoms with E-state index in [4.69, 9.17) is 12.2 Å². The number of nitrogens with one attached hydrogen (secondary N) is 2. The molecule has 0 amide bonds. The van der Waals surface area contributed by atoms with Crippen LogP contribution in [0.5, 0.6) is 0 Å². The Kier molecular flexibility index (Phi) is 5.05. The molecule has 0 aliphatic rings. The molecule has 0 unspecified atom stereocenters. The smallest absolute Gasteiger partial charge is 0.186 e. The van der Waals surface area contributed by atoms with Crippen molar-refractivity contribution in [2.24, 2.45) is 5.10 Å². The van der Waals surface area contributed by atoms with Crippen LogP contribution in [0.25, 0.3) is 5.69 Å². The van der Waals surface area contributed by atoms with Gasteiger partial charge >= 0.3 is 0 Å². The molecule has 0 atom stereocenters. The van der Waals surface area contributed by atoms with Gasteiger partial charge in [0.25, 0.3) is 0 Å². The Morgan fingerprint density at radius 1 is 1.48 bits per heavy atom. The second-order valence-corrected chi connectivity index (χ2v) is 5.01. The Labute approximate surface area is 130 Å². The molecule has 2 N–H and O–H groups in total. The SMILES string of the molecule is CCNC(=S)N/N=C\c1cc(C)n(-c2cccnc2)c1C. The van der Waals surface area contributed by atoms with Crippen molar-refractivity contribution in [3.63, 3.8) is 0 Å². The van der Waals surface area contributed by atoms with Crippen LogP contribution in [0, 0.1) is 13.8 Å². The minimum atomic E-state index is 0.523. The van der Waals surface area contributed by atoms with Gasteiger partial charge in [0.15, 0.2) is 5.11 Å². The lowest BCUT2D eigenvalue weighted by molar-refractivity contribution is 0.903. The molecule has 0 spiro atoms. The molecule has 0 saturated carbocycles. The monoisotopic (exact) mass is 301 g/mol. The molecule has 5 nitrogen and oxygen atoms in total. The molecular weight excluding hydrogens is 282 g/mol. The Morgan fingerprint density at radius 2 is 2.29 bits per heavy atom. The van der Waals surface area contributed by atoms with Gasteiger partial charge in [0.1, 0.15) is 0 Å². The van der Waals surface area contributed by atoms with E-state index in [0.717, 1.165) is 29.2 Å². The number of hydrazone groups is 1. The summed E-state index contributed by atoms with van der Waals surface area (Å²) in [5, 5.41) is 7.67. The normalized spacial score (nSPS) is 10.8. The van der Waals surface area contributed by atoms with Gasteiger partial charge in [0.2, 0.25) is 0 Å². The fraction of sp³-hybridized carbons (Fsp3) is 0.267. The first kappa shape index (κ1) is 15.2. The zero-order valence-corrected chi connectivity index (χ0v) is 13.2. The maximum absolute atomic E-state index is 5.06. The summed E-state index contributed by atoms with van der Waals surface area (Å²) < 4.78 is 2.15. The summed E-state index contributed by atoms with van der Waals surface area (Å²) >= 11 is 5.06. The second-order valence-electron chi connectivity index (χ2n) is 4.60. The van der Waals surface area contributed by atoms with Gasteiger partial charge in [-0.05, 0) is 51.2 Å². The standard InChI is InChI=1S/C15H19N5S/c1-4-17-15(21)19-18-9-13-8-11(2)20(12(13)3)14-6-5-7-16-10-14/h5-10H,4H2,1-3H3,(H2,17,19,21)/b18-9-. The third-order valence-electron chi connectivity index (χ3n) is 3.08. The maximum atomic E-state index is 5.06. The van der Waals surface area contributed by atoms with Crippen molar-refractivity contribution in [2.75, 3.05) is 6.54 Å². The van der Waals surface area contributed by atoms with Gasteiger partial charge in [-0.25, -0.2) is 0 Å². The van der Waals surface area contributed by atoms with Crippen molar-refractivity contribution in [1.29, 1.82) is 0 Å². The van der Waals surface area contributed by atoms with E-state index in [1.807, 2.05) is 25.3 Å². The largest absolute Gasteiger partial charge is 0.362 e.